The monoisotopic (exact) mass is 288 g/mol. The lowest BCUT2D eigenvalue weighted by Crippen LogP contribution is -2.29. The standard InChI is InChI=1S/C15H16N2O2S/c1-11-2-5-14(6-3-11)20(18,19)17-9-8-12-10-13(16)4-7-15(12)17/h2-7,10H,8-9,16H2,1H3. The maximum Gasteiger partial charge on any atom is 0.264 e. The van der Waals surface area contributed by atoms with Crippen molar-refractivity contribution in [3.8, 4) is 0 Å². The van der Waals surface area contributed by atoms with Crippen molar-refractivity contribution in [2.24, 2.45) is 0 Å². The van der Waals surface area contributed by atoms with E-state index in [2.05, 4.69) is 0 Å². The summed E-state index contributed by atoms with van der Waals surface area (Å²) in [7, 11) is -3.49. The van der Waals surface area contributed by atoms with Crippen LogP contribution in [0.1, 0.15) is 11.1 Å². The first kappa shape index (κ1) is 13.0. The van der Waals surface area contributed by atoms with Crippen LogP contribution in [0.2, 0.25) is 0 Å². The first-order valence-corrected chi connectivity index (χ1v) is 7.90. The third kappa shape index (κ3) is 2.04. The SMILES string of the molecule is Cc1ccc(S(=O)(=O)N2CCc3cc(N)ccc32)cc1. The zero-order chi connectivity index (χ0) is 14.3. The second-order valence-corrected chi connectivity index (χ2v) is 6.89. The van der Waals surface area contributed by atoms with Gasteiger partial charge in [-0.05, 0) is 49.2 Å². The molecule has 0 atom stereocenters. The highest BCUT2D eigenvalue weighted by Crippen LogP contribution is 2.34. The summed E-state index contributed by atoms with van der Waals surface area (Å²) in [6.45, 7) is 2.40. The van der Waals surface area contributed by atoms with Gasteiger partial charge < -0.3 is 5.73 Å². The first-order chi connectivity index (χ1) is 9.48. The molecular weight excluding hydrogens is 272 g/mol. The van der Waals surface area contributed by atoms with Crippen LogP contribution in [0.15, 0.2) is 47.4 Å². The molecule has 0 saturated carbocycles. The summed E-state index contributed by atoms with van der Waals surface area (Å²) in [4.78, 5) is 0.327. The average Bonchev–Trinajstić information content (AvgIpc) is 2.82. The summed E-state index contributed by atoms with van der Waals surface area (Å²) in [6, 6.07) is 12.3. The molecule has 0 aromatic heterocycles. The van der Waals surface area contributed by atoms with Gasteiger partial charge in [-0.15, -0.1) is 0 Å². The van der Waals surface area contributed by atoms with Crippen molar-refractivity contribution < 1.29 is 8.42 Å². The molecule has 1 heterocycles. The molecule has 0 fully saturated rings. The summed E-state index contributed by atoms with van der Waals surface area (Å²) in [6.07, 6.45) is 0.700. The predicted octanol–water partition coefficient (Wildman–Crippen LogP) is 2.33. The summed E-state index contributed by atoms with van der Waals surface area (Å²) < 4.78 is 26.8. The van der Waals surface area contributed by atoms with Crippen LogP contribution in [0, 0.1) is 6.92 Å². The zero-order valence-electron chi connectivity index (χ0n) is 11.2. The Morgan fingerprint density at radius 1 is 1.10 bits per heavy atom. The molecule has 0 amide bonds. The molecule has 0 unspecified atom stereocenters. The molecule has 2 N–H and O–H groups in total. The van der Waals surface area contributed by atoms with Gasteiger partial charge in [0.25, 0.3) is 10.0 Å². The third-order valence-electron chi connectivity index (χ3n) is 3.57. The molecule has 1 aliphatic rings. The number of nitrogen functional groups attached to an aromatic ring is 1. The maximum absolute atomic E-state index is 12.7. The van der Waals surface area contributed by atoms with E-state index in [0.717, 1.165) is 16.8 Å². The van der Waals surface area contributed by atoms with Crippen LogP contribution in [0.3, 0.4) is 0 Å². The van der Waals surface area contributed by atoms with Crippen molar-refractivity contribution in [3.05, 3.63) is 53.6 Å². The molecule has 2 aromatic carbocycles. The molecule has 0 bridgehead atoms. The van der Waals surface area contributed by atoms with Crippen LogP contribution in [-0.4, -0.2) is 15.0 Å². The van der Waals surface area contributed by atoms with E-state index in [-0.39, 0.29) is 0 Å². The maximum atomic E-state index is 12.7. The van der Waals surface area contributed by atoms with Gasteiger partial charge in [0.1, 0.15) is 0 Å². The summed E-state index contributed by atoms with van der Waals surface area (Å²) in [5.74, 6) is 0. The van der Waals surface area contributed by atoms with E-state index in [1.54, 1.807) is 24.3 Å². The fraction of sp³-hybridized carbons (Fsp3) is 0.200. The Morgan fingerprint density at radius 3 is 2.50 bits per heavy atom. The fourth-order valence-electron chi connectivity index (χ4n) is 2.48. The van der Waals surface area contributed by atoms with Crippen LogP contribution in [0.4, 0.5) is 11.4 Å². The number of nitrogens with two attached hydrogens (primary N) is 1. The van der Waals surface area contributed by atoms with Crippen molar-refractivity contribution in [3.63, 3.8) is 0 Å². The molecule has 3 rings (SSSR count). The van der Waals surface area contributed by atoms with E-state index in [4.69, 9.17) is 5.73 Å². The Kier molecular flexibility index (Phi) is 2.94. The molecule has 0 spiro atoms. The lowest BCUT2D eigenvalue weighted by molar-refractivity contribution is 0.592. The minimum atomic E-state index is -3.49. The topological polar surface area (TPSA) is 63.4 Å². The number of sulfonamides is 1. The van der Waals surface area contributed by atoms with Crippen molar-refractivity contribution in [1.29, 1.82) is 0 Å². The normalized spacial score (nSPS) is 14.3. The van der Waals surface area contributed by atoms with Gasteiger partial charge in [0.15, 0.2) is 0 Å². The average molecular weight is 288 g/mol. The van der Waals surface area contributed by atoms with Crippen LogP contribution < -0.4 is 10.0 Å². The van der Waals surface area contributed by atoms with E-state index in [9.17, 15) is 8.42 Å². The Hall–Kier alpha value is -2.01. The van der Waals surface area contributed by atoms with Gasteiger partial charge in [-0.3, -0.25) is 4.31 Å². The molecule has 4 nitrogen and oxygen atoms in total. The second kappa shape index (κ2) is 4.52. The van der Waals surface area contributed by atoms with Crippen molar-refractivity contribution >= 4 is 21.4 Å². The van der Waals surface area contributed by atoms with Gasteiger partial charge >= 0.3 is 0 Å². The molecule has 1 aliphatic heterocycles. The summed E-state index contributed by atoms with van der Waals surface area (Å²) in [5.41, 5.74) is 9.17. The number of benzene rings is 2. The number of hydrogen-bond acceptors (Lipinski definition) is 3. The van der Waals surface area contributed by atoms with Crippen LogP contribution >= 0.6 is 0 Å². The lowest BCUT2D eigenvalue weighted by atomic mass is 10.1. The Morgan fingerprint density at radius 2 is 1.80 bits per heavy atom. The highest BCUT2D eigenvalue weighted by Gasteiger charge is 2.30. The van der Waals surface area contributed by atoms with Crippen LogP contribution in [0.25, 0.3) is 0 Å². The van der Waals surface area contributed by atoms with Gasteiger partial charge in [-0.25, -0.2) is 8.42 Å². The molecule has 5 heteroatoms. The van der Waals surface area contributed by atoms with E-state index >= 15 is 0 Å². The van der Waals surface area contributed by atoms with Gasteiger partial charge in [0.2, 0.25) is 0 Å². The highest BCUT2D eigenvalue weighted by molar-refractivity contribution is 7.92. The van der Waals surface area contributed by atoms with Crippen molar-refractivity contribution in [2.75, 3.05) is 16.6 Å². The van der Waals surface area contributed by atoms with Crippen molar-refractivity contribution in [2.45, 2.75) is 18.2 Å². The van der Waals surface area contributed by atoms with Gasteiger partial charge in [0.05, 0.1) is 10.6 Å². The third-order valence-corrected chi connectivity index (χ3v) is 5.39. The molecule has 0 saturated heterocycles. The number of aryl methyl sites for hydroxylation is 1. The minimum Gasteiger partial charge on any atom is -0.399 e. The van der Waals surface area contributed by atoms with Crippen molar-refractivity contribution in [1.82, 2.24) is 0 Å². The predicted molar refractivity (Wildman–Crippen MR) is 80.3 cm³/mol. The largest absolute Gasteiger partial charge is 0.399 e. The molecule has 0 aliphatic carbocycles. The number of hydrogen-bond donors (Lipinski definition) is 1. The molecular formula is C15H16N2O2S. The Bertz CT molecular complexity index is 752. The van der Waals surface area contributed by atoms with Crippen LogP contribution in [0.5, 0.6) is 0 Å². The smallest absolute Gasteiger partial charge is 0.264 e. The number of rotatable bonds is 2. The first-order valence-electron chi connectivity index (χ1n) is 6.46. The lowest BCUT2D eigenvalue weighted by Gasteiger charge is -2.19. The van der Waals surface area contributed by atoms with Crippen LogP contribution in [-0.2, 0) is 16.4 Å². The summed E-state index contributed by atoms with van der Waals surface area (Å²) >= 11 is 0. The Balaban J connectivity index is 2.05. The van der Waals surface area contributed by atoms with E-state index in [0.29, 0.717) is 23.5 Å². The van der Waals surface area contributed by atoms with Gasteiger partial charge in [0, 0.05) is 12.2 Å². The number of anilines is 2. The quantitative estimate of drug-likeness (QED) is 0.863. The molecule has 104 valence electrons. The van der Waals surface area contributed by atoms with Gasteiger partial charge in [-0.1, -0.05) is 17.7 Å². The second-order valence-electron chi connectivity index (χ2n) is 5.03. The number of nitrogens with zero attached hydrogens (tertiary/aromatic N) is 1. The fourth-order valence-corrected chi connectivity index (χ4v) is 3.98. The highest BCUT2D eigenvalue weighted by atomic mass is 32.2. The molecule has 2 aromatic rings. The van der Waals surface area contributed by atoms with E-state index < -0.39 is 10.0 Å². The van der Waals surface area contributed by atoms with Gasteiger partial charge in [-0.2, -0.15) is 0 Å². The van der Waals surface area contributed by atoms with E-state index in [1.807, 2.05) is 25.1 Å². The minimum absolute atomic E-state index is 0.327. The zero-order valence-corrected chi connectivity index (χ0v) is 12.0. The summed E-state index contributed by atoms with van der Waals surface area (Å²) in [5, 5.41) is 0. The Labute approximate surface area is 118 Å². The molecule has 0 radical (unpaired) electrons. The molecule has 20 heavy (non-hydrogen) atoms. The number of fused-ring (bicyclic) bond motifs is 1. The van der Waals surface area contributed by atoms with E-state index in [1.165, 1.54) is 4.31 Å².